The highest BCUT2D eigenvalue weighted by molar-refractivity contribution is 8.77. The standard InChI is InChI=1S/C21H35N3O3S2/c1-3-5-10-17(25)16-9-7-8-15(14-19(22)23)21(16,18(26)11-6-4-2)29-28-13-12-20(24)27/h7-9,15,19H,3-6,10-14,22-23H2,1-2H3,(H2,24,27). The SMILES string of the molecule is CCCCC(=O)C1=CC=CC(CC(N)N)C1(SSCCC(N)=O)C(=O)CCCC. The van der Waals surface area contributed by atoms with Crippen LogP contribution in [0.2, 0.25) is 0 Å². The average Bonchev–Trinajstić information content (AvgIpc) is 2.67. The Balaban J connectivity index is 3.32. The van der Waals surface area contributed by atoms with Crippen LogP contribution < -0.4 is 17.2 Å². The number of hydrogen-bond donors (Lipinski definition) is 3. The Morgan fingerprint density at radius 2 is 1.76 bits per heavy atom. The first-order valence-corrected chi connectivity index (χ1v) is 12.7. The van der Waals surface area contributed by atoms with Crippen molar-refractivity contribution < 1.29 is 14.4 Å². The number of allylic oxidation sites excluding steroid dienone is 3. The van der Waals surface area contributed by atoms with Crippen molar-refractivity contribution in [3.05, 3.63) is 23.8 Å². The lowest BCUT2D eigenvalue weighted by Crippen LogP contribution is -2.49. The molecule has 0 saturated heterocycles. The lowest BCUT2D eigenvalue weighted by Gasteiger charge is -2.41. The molecule has 0 bridgehead atoms. The molecule has 2 atom stereocenters. The molecule has 1 amide bonds. The Morgan fingerprint density at radius 3 is 2.34 bits per heavy atom. The van der Waals surface area contributed by atoms with E-state index in [4.69, 9.17) is 17.2 Å². The molecule has 2 unspecified atom stereocenters. The third-order valence-electron chi connectivity index (χ3n) is 4.91. The van der Waals surface area contributed by atoms with E-state index >= 15 is 0 Å². The molecular formula is C21H35N3O3S2. The molecule has 0 heterocycles. The van der Waals surface area contributed by atoms with Gasteiger partial charge < -0.3 is 17.2 Å². The summed E-state index contributed by atoms with van der Waals surface area (Å²) < 4.78 is -1.03. The summed E-state index contributed by atoms with van der Waals surface area (Å²) in [7, 11) is 2.78. The summed E-state index contributed by atoms with van der Waals surface area (Å²) in [5.41, 5.74) is 17.6. The van der Waals surface area contributed by atoms with Crippen molar-refractivity contribution in [2.45, 2.75) is 76.1 Å². The molecule has 0 aliphatic heterocycles. The lowest BCUT2D eigenvalue weighted by atomic mass is 9.73. The van der Waals surface area contributed by atoms with E-state index in [1.807, 2.05) is 26.0 Å². The summed E-state index contributed by atoms with van der Waals surface area (Å²) in [6.07, 6.45) is 9.72. The summed E-state index contributed by atoms with van der Waals surface area (Å²) in [6, 6.07) is 0. The maximum atomic E-state index is 13.6. The zero-order chi connectivity index (χ0) is 21.9. The predicted molar refractivity (Wildman–Crippen MR) is 123 cm³/mol. The second-order valence-electron chi connectivity index (χ2n) is 7.38. The fourth-order valence-corrected chi connectivity index (χ4v) is 6.66. The minimum Gasteiger partial charge on any atom is -0.370 e. The van der Waals surface area contributed by atoms with Crippen LogP contribution in [0.4, 0.5) is 0 Å². The van der Waals surface area contributed by atoms with Crippen LogP contribution >= 0.6 is 21.6 Å². The van der Waals surface area contributed by atoms with Crippen LogP contribution in [0.15, 0.2) is 23.8 Å². The van der Waals surface area contributed by atoms with Crippen LogP contribution in [-0.4, -0.2) is 34.1 Å². The first-order valence-electron chi connectivity index (χ1n) is 10.3. The first-order chi connectivity index (χ1) is 13.8. The fourth-order valence-electron chi connectivity index (χ4n) is 3.36. The summed E-state index contributed by atoms with van der Waals surface area (Å²) >= 11 is 0. The second kappa shape index (κ2) is 13.3. The monoisotopic (exact) mass is 441 g/mol. The number of primary amides is 1. The van der Waals surface area contributed by atoms with Gasteiger partial charge in [0.25, 0.3) is 0 Å². The Labute approximate surface area is 182 Å². The van der Waals surface area contributed by atoms with Crippen molar-refractivity contribution >= 4 is 39.1 Å². The molecule has 0 saturated carbocycles. The average molecular weight is 442 g/mol. The van der Waals surface area contributed by atoms with Gasteiger partial charge >= 0.3 is 0 Å². The molecule has 1 rings (SSSR count). The molecule has 8 heteroatoms. The molecule has 1 aliphatic carbocycles. The van der Waals surface area contributed by atoms with Crippen LogP contribution in [0.25, 0.3) is 0 Å². The summed E-state index contributed by atoms with van der Waals surface area (Å²) in [5.74, 6) is -0.154. The smallest absolute Gasteiger partial charge is 0.218 e. The van der Waals surface area contributed by atoms with Gasteiger partial charge in [-0.2, -0.15) is 0 Å². The number of unbranched alkanes of at least 4 members (excludes halogenated alkanes) is 2. The van der Waals surface area contributed by atoms with Crippen molar-refractivity contribution in [3.63, 3.8) is 0 Å². The third-order valence-corrected chi connectivity index (χ3v) is 8.05. The maximum Gasteiger partial charge on any atom is 0.218 e. The van der Waals surface area contributed by atoms with Crippen molar-refractivity contribution in [1.82, 2.24) is 0 Å². The highest BCUT2D eigenvalue weighted by Crippen LogP contribution is 2.52. The van der Waals surface area contributed by atoms with Crippen molar-refractivity contribution in [1.29, 1.82) is 0 Å². The lowest BCUT2D eigenvalue weighted by molar-refractivity contribution is -0.124. The molecule has 0 fully saturated rings. The van der Waals surface area contributed by atoms with Crippen LogP contribution in [0.5, 0.6) is 0 Å². The van der Waals surface area contributed by atoms with Gasteiger partial charge in [0.2, 0.25) is 5.91 Å². The second-order valence-corrected chi connectivity index (χ2v) is 10.0. The number of nitrogens with two attached hydrogens (primary N) is 3. The van der Waals surface area contributed by atoms with Crippen LogP contribution in [0.1, 0.15) is 65.2 Å². The number of amides is 1. The summed E-state index contributed by atoms with van der Waals surface area (Å²) in [5, 5.41) is 0. The van der Waals surface area contributed by atoms with Gasteiger partial charge in [-0.05, 0) is 19.3 Å². The molecule has 164 valence electrons. The zero-order valence-corrected chi connectivity index (χ0v) is 19.2. The molecule has 0 spiro atoms. The Hall–Kier alpha value is -1.09. The van der Waals surface area contributed by atoms with E-state index in [1.54, 1.807) is 6.08 Å². The minimum absolute atomic E-state index is 0.000331. The van der Waals surface area contributed by atoms with Crippen LogP contribution in [0, 0.1) is 5.92 Å². The van der Waals surface area contributed by atoms with Crippen molar-refractivity contribution in [2.75, 3.05) is 5.75 Å². The van der Waals surface area contributed by atoms with E-state index in [0.29, 0.717) is 30.6 Å². The van der Waals surface area contributed by atoms with Gasteiger partial charge in [0.15, 0.2) is 11.6 Å². The third kappa shape index (κ3) is 7.59. The molecule has 1 aliphatic rings. The molecular weight excluding hydrogens is 406 g/mol. The number of rotatable bonds is 15. The van der Waals surface area contributed by atoms with E-state index in [1.165, 1.54) is 21.6 Å². The fraction of sp³-hybridized carbons (Fsp3) is 0.667. The van der Waals surface area contributed by atoms with E-state index in [0.717, 1.165) is 25.7 Å². The van der Waals surface area contributed by atoms with Gasteiger partial charge in [-0.1, -0.05) is 66.5 Å². The van der Waals surface area contributed by atoms with E-state index < -0.39 is 10.9 Å². The Bertz CT molecular complexity index is 635. The van der Waals surface area contributed by atoms with Crippen molar-refractivity contribution in [2.24, 2.45) is 23.1 Å². The molecule has 0 radical (unpaired) electrons. The number of carbonyl (C=O) groups excluding carboxylic acids is 3. The molecule has 6 N–H and O–H groups in total. The predicted octanol–water partition coefficient (Wildman–Crippen LogP) is 3.25. The summed E-state index contributed by atoms with van der Waals surface area (Å²) in [4.78, 5) is 37.8. The number of hydrogen-bond acceptors (Lipinski definition) is 7. The van der Waals surface area contributed by atoms with Gasteiger partial charge in [0.05, 0.1) is 6.17 Å². The van der Waals surface area contributed by atoms with Crippen LogP contribution in [-0.2, 0) is 14.4 Å². The summed E-state index contributed by atoms with van der Waals surface area (Å²) in [6.45, 7) is 4.07. The first kappa shape index (κ1) is 25.9. The van der Waals surface area contributed by atoms with E-state index in [2.05, 4.69) is 0 Å². The van der Waals surface area contributed by atoms with Gasteiger partial charge in [0.1, 0.15) is 4.75 Å². The van der Waals surface area contributed by atoms with Gasteiger partial charge in [-0.15, -0.1) is 0 Å². The van der Waals surface area contributed by atoms with Gasteiger partial charge in [-0.3, -0.25) is 14.4 Å². The van der Waals surface area contributed by atoms with Gasteiger partial charge in [0, 0.05) is 36.5 Å². The highest BCUT2D eigenvalue weighted by Gasteiger charge is 2.50. The number of carbonyl (C=O) groups is 3. The maximum absolute atomic E-state index is 13.6. The molecule has 0 aromatic heterocycles. The Morgan fingerprint density at radius 1 is 1.10 bits per heavy atom. The van der Waals surface area contributed by atoms with E-state index in [9.17, 15) is 14.4 Å². The number of ketones is 2. The highest BCUT2D eigenvalue weighted by atomic mass is 33.1. The van der Waals surface area contributed by atoms with E-state index in [-0.39, 0.29) is 29.8 Å². The zero-order valence-electron chi connectivity index (χ0n) is 17.5. The largest absolute Gasteiger partial charge is 0.370 e. The quantitative estimate of drug-likeness (QED) is 0.202. The normalized spacial score (nSPS) is 21.3. The number of Topliss-reactive ketones (excluding diaryl/α,β-unsaturated/α-hetero) is 2. The molecule has 6 nitrogen and oxygen atoms in total. The van der Waals surface area contributed by atoms with Crippen LogP contribution in [0.3, 0.4) is 0 Å². The Kier molecular flexibility index (Phi) is 11.9. The minimum atomic E-state index is -1.03. The molecule has 29 heavy (non-hydrogen) atoms. The van der Waals surface area contributed by atoms with Gasteiger partial charge in [-0.25, -0.2) is 0 Å². The van der Waals surface area contributed by atoms with Crippen molar-refractivity contribution in [3.8, 4) is 0 Å². The molecule has 0 aromatic carbocycles. The topological polar surface area (TPSA) is 129 Å². The molecule has 0 aromatic rings.